The van der Waals surface area contributed by atoms with Crippen molar-refractivity contribution < 1.29 is 77.0 Å². The van der Waals surface area contributed by atoms with E-state index in [9.17, 15) is 14.4 Å². The van der Waals surface area contributed by atoms with Crippen LogP contribution >= 0.6 is 0 Å². The van der Waals surface area contributed by atoms with Crippen molar-refractivity contribution in [1.82, 2.24) is 0 Å². The van der Waals surface area contributed by atoms with Crippen LogP contribution in [0.3, 0.4) is 0 Å². The van der Waals surface area contributed by atoms with Gasteiger partial charge in [0, 0.05) is 17.7 Å². The van der Waals surface area contributed by atoms with Gasteiger partial charge >= 0.3 is 69.3 Å². The second-order valence-corrected chi connectivity index (χ2v) is 2.16. The normalized spacial score (nSPS) is 12.1. The van der Waals surface area contributed by atoms with E-state index in [-0.39, 0.29) is 58.4 Å². The van der Waals surface area contributed by atoms with E-state index in [1.807, 2.05) is 0 Å². The van der Waals surface area contributed by atoms with Crippen molar-refractivity contribution in [1.29, 1.82) is 0 Å². The topological polar surface area (TPSA) is 80.7 Å². The predicted molar refractivity (Wildman–Crippen MR) is 43.8 cm³/mol. The molecule has 0 fully saturated rings. The molecule has 72 valence electrons. The maximum atomic E-state index is 9.92. The Bertz CT molecular complexity index is 269. The zero-order valence-corrected chi connectivity index (χ0v) is 11.1. The molecule has 1 rings (SSSR count). The van der Waals surface area contributed by atoms with Gasteiger partial charge in [-0.1, -0.05) is 6.58 Å². The van der Waals surface area contributed by atoms with Gasteiger partial charge in [-0.05, 0) is 6.92 Å². The van der Waals surface area contributed by atoms with E-state index < -0.39 is 17.9 Å². The Hall–Kier alpha value is -0.274. The van der Waals surface area contributed by atoms with Crippen molar-refractivity contribution in [2.75, 3.05) is 0 Å². The fourth-order valence-electron chi connectivity index (χ4n) is 0.303. The van der Waals surface area contributed by atoms with E-state index in [1.165, 1.54) is 6.92 Å². The average Bonchev–Trinajstić information content (AvgIpc) is 2.35. The van der Waals surface area contributed by atoms with Gasteiger partial charge in [0.25, 0.3) is 0 Å². The van der Waals surface area contributed by atoms with Crippen LogP contribution in [-0.4, -0.2) is 23.0 Å². The van der Waals surface area contributed by atoms with Gasteiger partial charge in [0.1, 0.15) is 0 Å². The van der Waals surface area contributed by atoms with E-state index in [0.29, 0.717) is 0 Å². The minimum atomic E-state index is -0.935. The molecule has 0 spiro atoms. The van der Waals surface area contributed by atoms with Gasteiger partial charge < -0.3 is 11.3 Å². The number of carboxylic acids is 1. The van der Waals surface area contributed by atoms with Gasteiger partial charge in [-0.3, -0.25) is 0 Å². The smallest absolute Gasteiger partial charge is 1.00 e. The Morgan fingerprint density at radius 2 is 1.71 bits per heavy atom. The van der Waals surface area contributed by atoms with Crippen LogP contribution in [-0.2, 0) is 19.1 Å². The number of esters is 2. The Kier molecular flexibility index (Phi) is 9.32. The van der Waals surface area contributed by atoms with Crippen LogP contribution < -0.4 is 51.4 Å². The zero-order chi connectivity index (χ0) is 10.4. The number of ether oxygens (including phenoxy) is 1. The van der Waals surface area contributed by atoms with Crippen molar-refractivity contribution in [2.45, 2.75) is 6.92 Å². The molecule has 1 heterocycles. The summed E-state index contributed by atoms with van der Waals surface area (Å²) in [6.45, 7) is 4.60. The molecule has 6 heteroatoms. The molecule has 0 saturated heterocycles. The first-order valence-corrected chi connectivity index (χ1v) is 3.26. The van der Waals surface area contributed by atoms with Gasteiger partial charge in [-0.2, -0.15) is 0 Å². The Morgan fingerprint density at radius 3 is 1.79 bits per heavy atom. The predicted octanol–water partition coefficient (Wildman–Crippen LogP) is -2.61. The van der Waals surface area contributed by atoms with E-state index in [2.05, 4.69) is 11.3 Å². The summed E-state index contributed by atoms with van der Waals surface area (Å²) >= 11 is 0. The number of carboxylic acid groups (broad SMARTS) is 1. The zero-order valence-electron chi connectivity index (χ0n) is 8.94. The first-order valence-electron chi connectivity index (χ1n) is 3.26. The van der Waals surface area contributed by atoms with Crippen molar-refractivity contribution >= 4 is 17.9 Å². The van der Waals surface area contributed by atoms with E-state index in [4.69, 9.17) is 5.11 Å². The van der Waals surface area contributed by atoms with Crippen LogP contribution in [0.1, 0.15) is 8.35 Å². The molecule has 0 aromatic carbocycles. The number of hydrogen-bond donors (Lipinski definition) is 1. The summed E-state index contributed by atoms with van der Waals surface area (Å²) < 4.78 is 3.97. The summed E-state index contributed by atoms with van der Waals surface area (Å²) in [4.78, 5) is 29.4. The van der Waals surface area contributed by atoms with Gasteiger partial charge in [-0.15, -0.1) is 0 Å². The summed E-state index contributed by atoms with van der Waals surface area (Å²) in [5.41, 5.74) is 0.176. The average molecular weight is 224 g/mol. The Balaban J connectivity index is -0.000000172. The summed E-state index contributed by atoms with van der Waals surface area (Å²) in [5.74, 6) is -2.09. The minimum absolute atomic E-state index is 0. The first-order chi connectivity index (χ1) is 5.93. The Morgan fingerprint density at radius 1 is 1.43 bits per heavy atom. The van der Waals surface area contributed by atoms with Crippen LogP contribution in [0.5, 0.6) is 0 Å². The number of rotatable bonds is 1. The number of carbonyl (C=O) groups is 3. The third kappa shape index (κ3) is 8.33. The molecule has 0 aliphatic carbocycles. The second-order valence-electron chi connectivity index (χ2n) is 2.16. The van der Waals surface area contributed by atoms with Crippen LogP contribution in [0.2, 0.25) is 0 Å². The van der Waals surface area contributed by atoms with E-state index in [1.54, 1.807) is 0 Å². The molecule has 1 aliphatic heterocycles. The monoisotopic (exact) mass is 224 g/mol. The third-order valence-corrected chi connectivity index (χ3v) is 0.922. The van der Waals surface area contributed by atoms with Crippen LogP contribution in [0.25, 0.3) is 0 Å². The third-order valence-electron chi connectivity index (χ3n) is 0.922. The molecular formula is C8H9KO5. The first kappa shape index (κ1) is 16.2. The second kappa shape index (κ2) is 8.07. The summed E-state index contributed by atoms with van der Waals surface area (Å²) in [5, 5.41) is 7.89. The van der Waals surface area contributed by atoms with Gasteiger partial charge in [0.05, 0.1) is 0 Å². The fraction of sp³-hybridized carbons (Fsp3) is 0.125. The fourth-order valence-corrected chi connectivity index (χ4v) is 0.303. The molecule has 0 unspecified atom stereocenters. The molecule has 0 saturated carbocycles. The van der Waals surface area contributed by atoms with Crippen LogP contribution in [0, 0.1) is 0 Å². The van der Waals surface area contributed by atoms with Crippen molar-refractivity contribution in [2.24, 2.45) is 0 Å². The quantitative estimate of drug-likeness (QED) is 0.228. The molecule has 0 amide bonds. The number of cyclic esters (lactones) is 2. The van der Waals surface area contributed by atoms with Crippen molar-refractivity contribution in [3.8, 4) is 0 Å². The maximum Gasteiger partial charge on any atom is 1.00 e. The van der Waals surface area contributed by atoms with Gasteiger partial charge in [0.15, 0.2) is 0 Å². The Labute approximate surface area is 125 Å². The minimum Gasteiger partial charge on any atom is -1.00 e. The van der Waals surface area contributed by atoms with Crippen LogP contribution in [0.15, 0.2) is 24.3 Å². The van der Waals surface area contributed by atoms with Gasteiger partial charge in [0.2, 0.25) is 0 Å². The molecule has 0 aromatic rings. The molecular weight excluding hydrogens is 215 g/mol. The standard InChI is InChI=1S/C4H2O3.C4H6O2.K.H/c5-3-1-2-4(6)7-3;1-3(2)4(5)6;;/h1-2H;1H2,2H3,(H,5,6);;/q;;+1;-1. The number of aliphatic carboxylic acids is 1. The largest absolute Gasteiger partial charge is 1.00 e. The summed E-state index contributed by atoms with van der Waals surface area (Å²) in [7, 11) is 0. The van der Waals surface area contributed by atoms with Gasteiger partial charge in [-0.25, -0.2) is 14.4 Å². The number of carbonyl (C=O) groups excluding carboxylic acids is 2. The molecule has 1 aliphatic rings. The summed E-state index contributed by atoms with van der Waals surface area (Å²) in [6.07, 6.45) is 2.17. The molecule has 0 bridgehead atoms. The molecule has 0 aromatic heterocycles. The number of hydrogen-bond acceptors (Lipinski definition) is 4. The van der Waals surface area contributed by atoms with E-state index >= 15 is 0 Å². The van der Waals surface area contributed by atoms with Crippen molar-refractivity contribution in [3.05, 3.63) is 24.3 Å². The van der Waals surface area contributed by atoms with E-state index in [0.717, 1.165) is 12.2 Å². The molecule has 0 atom stereocenters. The molecule has 5 nitrogen and oxygen atoms in total. The van der Waals surface area contributed by atoms with Crippen molar-refractivity contribution in [3.63, 3.8) is 0 Å². The summed E-state index contributed by atoms with van der Waals surface area (Å²) in [6, 6.07) is 0. The molecule has 1 N–H and O–H groups in total. The maximum absolute atomic E-state index is 9.92. The molecule has 0 radical (unpaired) electrons. The van der Waals surface area contributed by atoms with Crippen LogP contribution in [0.4, 0.5) is 0 Å². The SMILES string of the molecule is C=C(C)C(=O)O.O=C1C=CC(=O)O1.[H-].[K+]. The molecule has 14 heavy (non-hydrogen) atoms.